The van der Waals surface area contributed by atoms with Crippen LogP contribution in [-0.4, -0.2) is 33.4 Å². The molecule has 0 radical (unpaired) electrons. The van der Waals surface area contributed by atoms with E-state index in [2.05, 4.69) is 20.5 Å². The third kappa shape index (κ3) is 4.86. The Morgan fingerprint density at radius 2 is 1.92 bits per heavy atom. The summed E-state index contributed by atoms with van der Waals surface area (Å²) in [5, 5.41) is 10.5. The summed E-state index contributed by atoms with van der Waals surface area (Å²) in [6.45, 7) is 3.03. The number of H-pyrrole nitrogens is 1. The third-order valence-corrected chi connectivity index (χ3v) is 4.42. The van der Waals surface area contributed by atoms with Crippen LogP contribution in [0.1, 0.15) is 12.5 Å². The number of rotatable bonds is 8. The first-order valence-electron chi connectivity index (χ1n) is 8.34. The number of aromatic amines is 1. The molecule has 0 saturated heterocycles. The maximum atomic E-state index is 12.0. The first-order valence-corrected chi connectivity index (χ1v) is 9.33. The quantitative estimate of drug-likeness (QED) is 0.597. The van der Waals surface area contributed by atoms with Crippen molar-refractivity contribution in [2.75, 3.05) is 12.4 Å². The zero-order chi connectivity index (χ0) is 18.2. The van der Waals surface area contributed by atoms with Crippen molar-refractivity contribution >= 4 is 17.7 Å². The van der Waals surface area contributed by atoms with Crippen LogP contribution in [0.3, 0.4) is 0 Å². The molecule has 0 aliphatic carbocycles. The van der Waals surface area contributed by atoms with Gasteiger partial charge in [-0.15, -0.1) is 5.10 Å². The van der Waals surface area contributed by atoms with Gasteiger partial charge in [-0.1, -0.05) is 54.2 Å². The average molecular weight is 368 g/mol. The van der Waals surface area contributed by atoms with Crippen molar-refractivity contribution in [3.63, 3.8) is 0 Å². The van der Waals surface area contributed by atoms with Crippen LogP contribution in [0, 0.1) is 0 Å². The Morgan fingerprint density at radius 3 is 2.73 bits per heavy atom. The van der Waals surface area contributed by atoms with Crippen molar-refractivity contribution in [1.29, 1.82) is 0 Å². The highest BCUT2D eigenvalue weighted by Crippen LogP contribution is 2.28. The number of carbonyl (C=O) groups excluding carboxylic acids is 1. The zero-order valence-corrected chi connectivity index (χ0v) is 15.3. The van der Waals surface area contributed by atoms with E-state index in [4.69, 9.17) is 4.74 Å². The molecule has 1 aromatic heterocycles. The van der Waals surface area contributed by atoms with Crippen LogP contribution < -0.4 is 10.1 Å². The van der Waals surface area contributed by atoms with Gasteiger partial charge in [0.25, 0.3) is 0 Å². The molecule has 2 aromatic carbocycles. The molecular formula is C19H20N4O2S. The van der Waals surface area contributed by atoms with Gasteiger partial charge in [-0.3, -0.25) is 9.89 Å². The van der Waals surface area contributed by atoms with E-state index in [0.29, 0.717) is 24.1 Å². The number of para-hydroxylation sites is 1. The molecule has 0 unspecified atom stereocenters. The number of thioether (sulfide) groups is 1. The largest absolute Gasteiger partial charge is 0.493 e. The van der Waals surface area contributed by atoms with Crippen LogP contribution in [0.5, 0.6) is 5.75 Å². The minimum atomic E-state index is -0.0556. The van der Waals surface area contributed by atoms with Gasteiger partial charge in [0.2, 0.25) is 11.1 Å². The summed E-state index contributed by atoms with van der Waals surface area (Å²) < 4.78 is 5.61. The summed E-state index contributed by atoms with van der Waals surface area (Å²) in [6, 6.07) is 17.5. The number of benzene rings is 2. The van der Waals surface area contributed by atoms with Gasteiger partial charge >= 0.3 is 0 Å². The first-order chi connectivity index (χ1) is 12.8. The molecule has 0 spiro atoms. The highest BCUT2D eigenvalue weighted by atomic mass is 32.2. The van der Waals surface area contributed by atoms with Crippen molar-refractivity contribution in [3.8, 4) is 17.1 Å². The number of hydrogen-bond acceptors (Lipinski definition) is 5. The van der Waals surface area contributed by atoms with Crippen LogP contribution in [0.2, 0.25) is 0 Å². The van der Waals surface area contributed by atoms with Crippen LogP contribution >= 0.6 is 11.8 Å². The molecule has 0 fully saturated rings. The lowest BCUT2D eigenvalue weighted by Gasteiger charge is -2.06. The summed E-state index contributed by atoms with van der Waals surface area (Å²) in [7, 11) is 0. The lowest BCUT2D eigenvalue weighted by atomic mass is 10.2. The average Bonchev–Trinajstić information content (AvgIpc) is 3.15. The van der Waals surface area contributed by atoms with Gasteiger partial charge in [-0.25, -0.2) is 4.98 Å². The van der Waals surface area contributed by atoms with Crippen LogP contribution in [0.25, 0.3) is 11.4 Å². The Labute approximate surface area is 156 Å². The Bertz CT molecular complexity index is 852. The van der Waals surface area contributed by atoms with Crippen LogP contribution in [0.15, 0.2) is 59.8 Å². The molecule has 2 N–H and O–H groups in total. The molecule has 0 bridgehead atoms. The molecule has 0 aliphatic heterocycles. The molecule has 6 nitrogen and oxygen atoms in total. The second kappa shape index (κ2) is 9.05. The molecule has 3 aromatic rings. The molecule has 1 amide bonds. The zero-order valence-electron chi connectivity index (χ0n) is 14.4. The van der Waals surface area contributed by atoms with Gasteiger partial charge in [-0.05, 0) is 24.6 Å². The molecule has 1 heterocycles. The maximum absolute atomic E-state index is 12.0. The van der Waals surface area contributed by atoms with Gasteiger partial charge in [0.15, 0.2) is 5.82 Å². The maximum Gasteiger partial charge on any atom is 0.230 e. The van der Waals surface area contributed by atoms with Crippen molar-refractivity contribution in [3.05, 3.63) is 60.2 Å². The molecule has 26 heavy (non-hydrogen) atoms. The molecule has 134 valence electrons. The fraction of sp³-hybridized carbons (Fsp3) is 0.211. The van der Waals surface area contributed by atoms with Crippen LogP contribution in [0.4, 0.5) is 0 Å². The highest BCUT2D eigenvalue weighted by Gasteiger charge is 2.12. The monoisotopic (exact) mass is 368 g/mol. The lowest BCUT2D eigenvalue weighted by Crippen LogP contribution is -2.24. The number of aromatic nitrogens is 3. The molecule has 7 heteroatoms. The summed E-state index contributed by atoms with van der Waals surface area (Å²) in [4.78, 5) is 16.4. The van der Waals surface area contributed by atoms with Gasteiger partial charge in [0.05, 0.1) is 17.9 Å². The van der Waals surface area contributed by atoms with Crippen molar-refractivity contribution in [2.45, 2.75) is 18.6 Å². The number of nitrogens with one attached hydrogen (secondary N) is 2. The molecular weight excluding hydrogens is 348 g/mol. The lowest BCUT2D eigenvalue weighted by molar-refractivity contribution is -0.118. The Balaban J connectivity index is 1.55. The van der Waals surface area contributed by atoms with Crippen LogP contribution in [-0.2, 0) is 11.3 Å². The van der Waals surface area contributed by atoms with Gasteiger partial charge < -0.3 is 10.1 Å². The minimum Gasteiger partial charge on any atom is -0.493 e. The van der Waals surface area contributed by atoms with Gasteiger partial charge in [0, 0.05) is 6.54 Å². The second-order valence-electron chi connectivity index (χ2n) is 5.45. The van der Waals surface area contributed by atoms with Gasteiger partial charge in [0.1, 0.15) is 5.75 Å². The number of ether oxygens (including phenoxy) is 1. The minimum absolute atomic E-state index is 0.0556. The highest BCUT2D eigenvalue weighted by molar-refractivity contribution is 7.99. The van der Waals surface area contributed by atoms with Crippen molar-refractivity contribution in [1.82, 2.24) is 20.5 Å². The Hall–Kier alpha value is -2.80. The van der Waals surface area contributed by atoms with E-state index in [-0.39, 0.29) is 11.7 Å². The molecule has 0 saturated carbocycles. The Kier molecular flexibility index (Phi) is 6.27. The van der Waals surface area contributed by atoms with E-state index in [1.807, 2.05) is 61.5 Å². The normalized spacial score (nSPS) is 10.5. The van der Waals surface area contributed by atoms with E-state index in [9.17, 15) is 4.79 Å². The summed E-state index contributed by atoms with van der Waals surface area (Å²) >= 11 is 1.29. The van der Waals surface area contributed by atoms with E-state index in [0.717, 1.165) is 16.9 Å². The molecule has 3 rings (SSSR count). The number of hydrogen-bond donors (Lipinski definition) is 2. The standard InChI is InChI=1S/C19H20N4O2S/c1-2-25-16-11-7-6-10-15(16)18-21-19(23-22-18)26-13-17(24)20-12-14-8-4-3-5-9-14/h3-11H,2,12-13H2,1H3,(H,20,24)(H,21,22,23). The predicted octanol–water partition coefficient (Wildman–Crippen LogP) is 3.28. The fourth-order valence-corrected chi connectivity index (χ4v) is 2.98. The SMILES string of the molecule is CCOc1ccccc1-c1nc(SCC(=O)NCc2ccccc2)n[nH]1. The third-order valence-electron chi connectivity index (χ3n) is 3.57. The topological polar surface area (TPSA) is 79.9 Å². The second-order valence-corrected chi connectivity index (χ2v) is 6.39. The molecule has 0 aliphatic rings. The first kappa shape index (κ1) is 18.0. The summed E-state index contributed by atoms with van der Waals surface area (Å²) in [5.74, 6) is 1.58. The van der Waals surface area contributed by atoms with E-state index < -0.39 is 0 Å². The van der Waals surface area contributed by atoms with Gasteiger partial charge in [-0.2, -0.15) is 0 Å². The molecule has 0 atom stereocenters. The van der Waals surface area contributed by atoms with E-state index >= 15 is 0 Å². The van der Waals surface area contributed by atoms with Crippen molar-refractivity contribution in [2.24, 2.45) is 0 Å². The number of amides is 1. The number of nitrogens with zero attached hydrogens (tertiary/aromatic N) is 2. The fourth-order valence-electron chi connectivity index (χ4n) is 2.35. The van der Waals surface area contributed by atoms with E-state index in [1.165, 1.54) is 11.8 Å². The summed E-state index contributed by atoms with van der Waals surface area (Å²) in [6.07, 6.45) is 0. The predicted molar refractivity (Wildman–Crippen MR) is 102 cm³/mol. The smallest absolute Gasteiger partial charge is 0.230 e. The van der Waals surface area contributed by atoms with Crippen molar-refractivity contribution < 1.29 is 9.53 Å². The summed E-state index contributed by atoms with van der Waals surface area (Å²) in [5.41, 5.74) is 1.92. The Morgan fingerprint density at radius 1 is 1.15 bits per heavy atom. The number of carbonyl (C=O) groups is 1. The van der Waals surface area contributed by atoms with E-state index in [1.54, 1.807) is 0 Å².